The largest absolute Gasteiger partial charge is 0.490 e. The third-order valence-corrected chi connectivity index (χ3v) is 3.69. The minimum atomic E-state index is -0.160. The van der Waals surface area contributed by atoms with Gasteiger partial charge in [-0.25, -0.2) is 4.39 Å². The van der Waals surface area contributed by atoms with Gasteiger partial charge in [0.1, 0.15) is 18.2 Å². The number of anilines is 1. The molecule has 0 saturated carbocycles. The molecule has 1 aliphatic rings. The van der Waals surface area contributed by atoms with Crippen LogP contribution in [0, 0.1) is 5.82 Å². The minimum Gasteiger partial charge on any atom is -0.490 e. The highest BCUT2D eigenvalue weighted by molar-refractivity contribution is 9.10. The Kier molecular flexibility index (Phi) is 3.42. The number of hydrogen-bond acceptors (Lipinski definition) is 2. The lowest BCUT2D eigenvalue weighted by Crippen LogP contribution is -2.32. The maximum Gasteiger partial charge on any atom is 0.143 e. The Balaban J connectivity index is 1.90. The van der Waals surface area contributed by atoms with E-state index in [2.05, 4.69) is 20.8 Å². The average molecular weight is 322 g/mol. The standard InChI is InChI=1S/C15H13BrFNO/c16-12-5-6-14-15(9-12)19-8-7-18(14)10-11-3-1-2-4-13(11)17/h1-6,9H,7-8,10H2. The van der Waals surface area contributed by atoms with E-state index in [9.17, 15) is 4.39 Å². The van der Waals surface area contributed by atoms with Crippen LogP contribution in [0.1, 0.15) is 5.56 Å². The van der Waals surface area contributed by atoms with Crippen LogP contribution in [0.4, 0.5) is 10.1 Å². The Bertz CT molecular complexity index is 602. The molecule has 0 radical (unpaired) electrons. The number of halogens is 2. The van der Waals surface area contributed by atoms with Crippen molar-refractivity contribution in [3.8, 4) is 5.75 Å². The molecule has 0 aromatic heterocycles. The summed E-state index contributed by atoms with van der Waals surface area (Å²) in [4.78, 5) is 2.14. The van der Waals surface area contributed by atoms with Gasteiger partial charge in [0.25, 0.3) is 0 Å². The molecule has 98 valence electrons. The quantitative estimate of drug-likeness (QED) is 0.829. The molecular weight excluding hydrogens is 309 g/mol. The minimum absolute atomic E-state index is 0.160. The third-order valence-electron chi connectivity index (χ3n) is 3.20. The summed E-state index contributed by atoms with van der Waals surface area (Å²) in [6.45, 7) is 1.95. The number of fused-ring (bicyclic) bond motifs is 1. The van der Waals surface area contributed by atoms with Crippen molar-refractivity contribution in [2.75, 3.05) is 18.1 Å². The molecule has 0 spiro atoms. The van der Waals surface area contributed by atoms with Gasteiger partial charge in [0.05, 0.1) is 12.2 Å². The molecule has 2 aromatic carbocycles. The van der Waals surface area contributed by atoms with Crippen LogP contribution >= 0.6 is 15.9 Å². The average Bonchev–Trinajstić information content (AvgIpc) is 2.41. The van der Waals surface area contributed by atoms with E-state index in [-0.39, 0.29) is 5.82 Å². The summed E-state index contributed by atoms with van der Waals surface area (Å²) in [7, 11) is 0. The molecule has 1 heterocycles. The fourth-order valence-corrected chi connectivity index (χ4v) is 2.59. The fourth-order valence-electron chi connectivity index (χ4n) is 2.25. The number of rotatable bonds is 2. The first kappa shape index (κ1) is 12.5. The van der Waals surface area contributed by atoms with E-state index in [1.807, 2.05) is 30.3 Å². The van der Waals surface area contributed by atoms with Gasteiger partial charge >= 0.3 is 0 Å². The monoisotopic (exact) mass is 321 g/mol. The second-order valence-corrected chi connectivity index (χ2v) is 5.39. The zero-order valence-electron chi connectivity index (χ0n) is 10.3. The fraction of sp³-hybridized carbons (Fsp3) is 0.200. The third kappa shape index (κ3) is 2.59. The smallest absolute Gasteiger partial charge is 0.143 e. The molecular formula is C15H13BrFNO. The molecule has 19 heavy (non-hydrogen) atoms. The molecule has 1 aliphatic heterocycles. The van der Waals surface area contributed by atoms with Crippen molar-refractivity contribution in [2.24, 2.45) is 0 Å². The van der Waals surface area contributed by atoms with Crippen LogP contribution in [-0.2, 0) is 6.54 Å². The molecule has 2 aromatic rings. The highest BCUT2D eigenvalue weighted by Gasteiger charge is 2.19. The maximum atomic E-state index is 13.7. The summed E-state index contributed by atoms with van der Waals surface area (Å²) in [5.41, 5.74) is 1.72. The van der Waals surface area contributed by atoms with Gasteiger partial charge in [-0.15, -0.1) is 0 Å². The van der Waals surface area contributed by atoms with Gasteiger partial charge in [0, 0.05) is 16.6 Å². The molecule has 3 rings (SSSR count). The van der Waals surface area contributed by atoms with Crippen molar-refractivity contribution in [1.82, 2.24) is 0 Å². The van der Waals surface area contributed by atoms with Gasteiger partial charge in [-0.3, -0.25) is 0 Å². The maximum absolute atomic E-state index is 13.7. The van der Waals surface area contributed by atoms with Gasteiger partial charge in [-0.1, -0.05) is 34.1 Å². The van der Waals surface area contributed by atoms with Crippen molar-refractivity contribution in [1.29, 1.82) is 0 Å². The summed E-state index contributed by atoms with van der Waals surface area (Å²) in [6.07, 6.45) is 0. The highest BCUT2D eigenvalue weighted by atomic mass is 79.9. The van der Waals surface area contributed by atoms with E-state index in [4.69, 9.17) is 4.74 Å². The molecule has 0 fully saturated rings. The number of ether oxygens (including phenoxy) is 1. The first-order chi connectivity index (χ1) is 9.24. The Morgan fingerprint density at radius 3 is 2.89 bits per heavy atom. The summed E-state index contributed by atoms with van der Waals surface area (Å²) < 4.78 is 20.3. The Morgan fingerprint density at radius 2 is 2.05 bits per heavy atom. The lowest BCUT2D eigenvalue weighted by atomic mass is 10.1. The highest BCUT2D eigenvalue weighted by Crippen LogP contribution is 2.34. The van der Waals surface area contributed by atoms with Crippen LogP contribution in [0.2, 0.25) is 0 Å². The van der Waals surface area contributed by atoms with Crippen molar-refractivity contribution in [3.05, 3.63) is 58.3 Å². The molecule has 2 nitrogen and oxygen atoms in total. The van der Waals surface area contributed by atoms with Crippen molar-refractivity contribution in [3.63, 3.8) is 0 Å². The van der Waals surface area contributed by atoms with Gasteiger partial charge in [-0.05, 0) is 24.3 Å². The molecule has 4 heteroatoms. The van der Waals surface area contributed by atoms with E-state index in [0.717, 1.165) is 22.5 Å². The van der Waals surface area contributed by atoms with Crippen molar-refractivity contribution < 1.29 is 9.13 Å². The van der Waals surface area contributed by atoms with Crippen LogP contribution in [0.25, 0.3) is 0 Å². The summed E-state index contributed by atoms with van der Waals surface area (Å²) in [5, 5.41) is 0. The number of hydrogen-bond donors (Lipinski definition) is 0. The first-order valence-electron chi connectivity index (χ1n) is 6.15. The van der Waals surface area contributed by atoms with Gasteiger partial charge < -0.3 is 9.64 Å². The Morgan fingerprint density at radius 1 is 1.21 bits per heavy atom. The zero-order chi connectivity index (χ0) is 13.2. The van der Waals surface area contributed by atoms with Crippen LogP contribution < -0.4 is 9.64 Å². The molecule has 0 N–H and O–H groups in total. The summed E-state index contributed by atoms with van der Waals surface area (Å²) in [5.74, 6) is 0.685. The Hall–Kier alpha value is -1.55. The van der Waals surface area contributed by atoms with Crippen LogP contribution in [0.5, 0.6) is 5.75 Å². The summed E-state index contributed by atoms with van der Waals surface area (Å²) in [6, 6.07) is 12.8. The van der Waals surface area contributed by atoms with Gasteiger partial charge in [-0.2, -0.15) is 0 Å². The topological polar surface area (TPSA) is 12.5 Å². The van der Waals surface area contributed by atoms with E-state index >= 15 is 0 Å². The van der Waals surface area contributed by atoms with E-state index < -0.39 is 0 Å². The molecule has 0 amide bonds. The first-order valence-corrected chi connectivity index (χ1v) is 6.94. The van der Waals surface area contributed by atoms with Gasteiger partial charge in [0.15, 0.2) is 0 Å². The number of nitrogens with zero attached hydrogens (tertiary/aromatic N) is 1. The molecule has 0 aliphatic carbocycles. The van der Waals surface area contributed by atoms with E-state index in [1.165, 1.54) is 6.07 Å². The van der Waals surface area contributed by atoms with E-state index in [1.54, 1.807) is 6.07 Å². The van der Waals surface area contributed by atoms with Gasteiger partial charge in [0.2, 0.25) is 0 Å². The second-order valence-electron chi connectivity index (χ2n) is 4.47. The predicted octanol–water partition coefficient (Wildman–Crippen LogP) is 3.99. The Labute approximate surface area is 119 Å². The molecule has 0 bridgehead atoms. The lowest BCUT2D eigenvalue weighted by molar-refractivity contribution is 0.306. The lowest BCUT2D eigenvalue weighted by Gasteiger charge is -2.31. The zero-order valence-corrected chi connectivity index (χ0v) is 11.9. The summed E-state index contributed by atoms with van der Waals surface area (Å²) >= 11 is 3.43. The van der Waals surface area contributed by atoms with Crippen LogP contribution in [0.3, 0.4) is 0 Å². The SMILES string of the molecule is Fc1ccccc1CN1CCOc2cc(Br)ccc21. The van der Waals surface area contributed by atoms with E-state index in [0.29, 0.717) is 18.7 Å². The number of benzene rings is 2. The van der Waals surface area contributed by atoms with Crippen LogP contribution in [0.15, 0.2) is 46.9 Å². The molecule has 0 unspecified atom stereocenters. The van der Waals surface area contributed by atoms with Crippen molar-refractivity contribution in [2.45, 2.75) is 6.54 Å². The van der Waals surface area contributed by atoms with Crippen LogP contribution in [-0.4, -0.2) is 13.2 Å². The normalized spacial score (nSPS) is 13.9. The molecule has 0 atom stereocenters. The van der Waals surface area contributed by atoms with Crippen molar-refractivity contribution >= 4 is 21.6 Å². The predicted molar refractivity (Wildman–Crippen MR) is 77.1 cm³/mol. The molecule has 0 saturated heterocycles. The second kappa shape index (κ2) is 5.21.